The van der Waals surface area contributed by atoms with Crippen molar-refractivity contribution in [1.29, 1.82) is 0 Å². The molecule has 0 saturated carbocycles. The Morgan fingerprint density at radius 1 is 1.19 bits per heavy atom. The van der Waals surface area contributed by atoms with Gasteiger partial charge in [0.25, 0.3) is 5.91 Å². The molecule has 196 valence electrons. The summed E-state index contributed by atoms with van der Waals surface area (Å²) in [4.78, 5) is 54.0. The first-order chi connectivity index (χ1) is 16.7. The van der Waals surface area contributed by atoms with Gasteiger partial charge in [-0.25, -0.2) is 0 Å². The van der Waals surface area contributed by atoms with Gasteiger partial charge in [0.15, 0.2) is 0 Å². The number of methoxy groups -OCH3 is 1. The highest BCUT2D eigenvalue weighted by molar-refractivity contribution is 6.01. The number of carbonyl (C=O) groups is 4. The SMILES string of the molecule is COc1cccc2[nH]c(C(=O)NC(CC(C)(C)C)C(=O)NC(CC3CC(C)(C)NC3=O)C(N)=O)cc12. The Morgan fingerprint density at radius 2 is 1.89 bits per heavy atom. The van der Waals surface area contributed by atoms with Crippen molar-refractivity contribution < 1.29 is 23.9 Å². The Kier molecular flexibility index (Phi) is 7.66. The lowest BCUT2D eigenvalue weighted by molar-refractivity contribution is -0.130. The number of carbonyl (C=O) groups excluding carboxylic acids is 4. The molecule has 0 spiro atoms. The number of amides is 4. The van der Waals surface area contributed by atoms with Gasteiger partial charge < -0.3 is 31.4 Å². The van der Waals surface area contributed by atoms with Crippen LogP contribution in [0.15, 0.2) is 24.3 Å². The molecule has 3 atom stereocenters. The predicted octanol–water partition coefficient (Wildman–Crippen LogP) is 1.99. The molecule has 3 unspecified atom stereocenters. The molecule has 0 aliphatic carbocycles. The number of aromatic nitrogens is 1. The average Bonchev–Trinajstić information content (AvgIpc) is 3.31. The Balaban J connectivity index is 1.77. The van der Waals surface area contributed by atoms with Crippen molar-refractivity contribution >= 4 is 34.5 Å². The van der Waals surface area contributed by atoms with Gasteiger partial charge >= 0.3 is 0 Å². The van der Waals surface area contributed by atoms with E-state index in [0.717, 1.165) is 10.9 Å². The van der Waals surface area contributed by atoms with Crippen molar-refractivity contribution in [2.75, 3.05) is 7.11 Å². The second-order valence-electron chi connectivity index (χ2n) is 11.4. The molecule has 0 bridgehead atoms. The van der Waals surface area contributed by atoms with Crippen molar-refractivity contribution in [2.45, 2.75) is 71.5 Å². The molecule has 1 aliphatic heterocycles. The minimum Gasteiger partial charge on any atom is -0.496 e. The number of fused-ring (bicyclic) bond motifs is 1. The van der Waals surface area contributed by atoms with E-state index in [0.29, 0.717) is 18.6 Å². The molecular formula is C26H37N5O5. The van der Waals surface area contributed by atoms with Gasteiger partial charge in [0.05, 0.1) is 7.11 Å². The molecule has 1 saturated heterocycles. The zero-order valence-corrected chi connectivity index (χ0v) is 21.8. The van der Waals surface area contributed by atoms with E-state index >= 15 is 0 Å². The topological polar surface area (TPSA) is 155 Å². The first-order valence-electron chi connectivity index (χ1n) is 12.1. The molecule has 36 heavy (non-hydrogen) atoms. The molecular weight excluding hydrogens is 462 g/mol. The van der Waals surface area contributed by atoms with Crippen LogP contribution < -0.4 is 26.4 Å². The quantitative estimate of drug-likeness (QED) is 0.357. The summed E-state index contributed by atoms with van der Waals surface area (Å²) in [5, 5.41) is 9.10. The van der Waals surface area contributed by atoms with Crippen LogP contribution in [0.2, 0.25) is 0 Å². The van der Waals surface area contributed by atoms with Gasteiger partial charge in [-0.05, 0) is 56.7 Å². The fourth-order valence-corrected chi connectivity index (χ4v) is 4.67. The Morgan fingerprint density at radius 3 is 2.44 bits per heavy atom. The van der Waals surface area contributed by atoms with E-state index in [1.165, 1.54) is 0 Å². The van der Waals surface area contributed by atoms with Crippen LogP contribution in [0.25, 0.3) is 10.9 Å². The van der Waals surface area contributed by atoms with E-state index in [2.05, 4.69) is 20.9 Å². The summed E-state index contributed by atoms with van der Waals surface area (Å²) in [6.07, 6.45) is 0.933. The number of hydrogen-bond donors (Lipinski definition) is 5. The van der Waals surface area contributed by atoms with Gasteiger partial charge in [0.2, 0.25) is 17.7 Å². The first-order valence-corrected chi connectivity index (χ1v) is 12.1. The molecule has 10 heteroatoms. The van der Waals surface area contributed by atoms with E-state index in [-0.39, 0.29) is 29.0 Å². The summed E-state index contributed by atoms with van der Waals surface area (Å²) in [6, 6.07) is 5.13. The van der Waals surface area contributed by atoms with Gasteiger partial charge in [-0.3, -0.25) is 19.2 Å². The molecule has 4 amide bonds. The highest BCUT2D eigenvalue weighted by Crippen LogP contribution is 2.29. The van der Waals surface area contributed by atoms with Gasteiger partial charge in [-0.1, -0.05) is 26.8 Å². The van der Waals surface area contributed by atoms with Crippen molar-refractivity contribution in [3.8, 4) is 5.75 Å². The maximum atomic E-state index is 13.3. The standard InChI is InChI=1S/C26H37N5O5/c1-25(2,3)13-19(30-23(34)18-11-15-16(28-18)8-7-9-20(15)36-6)24(35)29-17(21(27)32)10-14-12-26(4,5)31-22(14)33/h7-9,11,14,17,19,28H,10,12-13H2,1-6H3,(H2,27,32)(H,29,35)(H,30,34)(H,31,33). The normalized spacial score (nSPS) is 18.8. The fourth-order valence-electron chi connectivity index (χ4n) is 4.67. The lowest BCUT2D eigenvalue weighted by Gasteiger charge is -2.28. The van der Waals surface area contributed by atoms with Crippen LogP contribution in [-0.2, 0) is 14.4 Å². The number of rotatable bonds is 9. The zero-order valence-electron chi connectivity index (χ0n) is 21.8. The average molecular weight is 500 g/mol. The smallest absolute Gasteiger partial charge is 0.268 e. The van der Waals surface area contributed by atoms with Crippen molar-refractivity contribution in [3.63, 3.8) is 0 Å². The highest BCUT2D eigenvalue weighted by Gasteiger charge is 2.40. The van der Waals surface area contributed by atoms with Crippen LogP contribution in [-0.4, -0.2) is 53.3 Å². The van der Waals surface area contributed by atoms with Crippen molar-refractivity contribution in [2.24, 2.45) is 17.1 Å². The number of nitrogens with one attached hydrogen (secondary N) is 4. The van der Waals surface area contributed by atoms with Crippen LogP contribution in [0.3, 0.4) is 0 Å². The number of ether oxygens (including phenoxy) is 1. The van der Waals surface area contributed by atoms with Gasteiger partial charge in [0, 0.05) is 22.4 Å². The maximum absolute atomic E-state index is 13.3. The van der Waals surface area contributed by atoms with E-state index < -0.39 is 35.7 Å². The lowest BCUT2D eigenvalue weighted by Crippen LogP contribution is -2.54. The second kappa shape index (κ2) is 10.2. The zero-order chi connectivity index (χ0) is 26.8. The molecule has 1 aromatic carbocycles. The number of H-pyrrole nitrogens is 1. The van der Waals surface area contributed by atoms with Crippen molar-refractivity contribution in [3.05, 3.63) is 30.0 Å². The minimum atomic E-state index is -1.04. The molecule has 2 heterocycles. The number of aromatic amines is 1. The summed E-state index contributed by atoms with van der Waals surface area (Å²) in [5.74, 6) is -1.73. The van der Waals surface area contributed by atoms with Crippen LogP contribution in [0.1, 0.15) is 64.4 Å². The van der Waals surface area contributed by atoms with Crippen LogP contribution in [0.5, 0.6) is 5.75 Å². The molecule has 10 nitrogen and oxygen atoms in total. The predicted molar refractivity (Wildman–Crippen MR) is 136 cm³/mol. The third-order valence-corrected chi connectivity index (χ3v) is 6.30. The van der Waals surface area contributed by atoms with Crippen LogP contribution in [0, 0.1) is 11.3 Å². The van der Waals surface area contributed by atoms with Crippen molar-refractivity contribution in [1.82, 2.24) is 20.9 Å². The molecule has 1 aliphatic rings. The summed E-state index contributed by atoms with van der Waals surface area (Å²) >= 11 is 0. The summed E-state index contributed by atoms with van der Waals surface area (Å²) in [6.45, 7) is 9.64. The number of primary amides is 1. The van der Waals surface area contributed by atoms with E-state index in [9.17, 15) is 19.2 Å². The largest absolute Gasteiger partial charge is 0.496 e. The summed E-state index contributed by atoms with van der Waals surface area (Å²) in [5.41, 5.74) is 5.88. The summed E-state index contributed by atoms with van der Waals surface area (Å²) < 4.78 is 5.36. The Hall–Kier alpha value is -3.56. The summed E-state index contributed by atoms with van der Waals surface area (Å²) in [7, 11) is 1.55. The fraction of sp³-hybridized carbons (Fsp3) is 0.538. The molecule has 3 rings (SSSR count). The second-order valence-corrected chi connectivity index (χ2v) is 11.4. The number of benzene rings is 1. The highest BCUT2D eigenvalue weighted by atomic mass is 16.5. The molecule has 6 N–H and O–H groups in total. The molecule has 1 fully saturated rings. The lowest BCUT2D eigenvalue weighted by atomic mass is 9.87. The van der Waals surface area contributed by atoms with Gasteiger partial charge in [-0.2, -0.15) is 0 Å². The third-order valence-electron chi connectivity index (χ3n) is 6.30. The van der Waals surface area contributed by atoms with E-state index in [1.54, 1.807) is 19.2 Å². The third kappa shape index (κ3) is 6.56. The molecule has 2 aromatic rings. The Bertz CT molecular complexity index is 1160. The van der Waals surface area contributed by atoms with Crippen LogP contribution in [0.4, 0.5) is 0 Å². The van der Waals surface area contributed by atoms with Crippen LogP contribution >= 0.6 is 0 Å². The van der Waals surface area contributed by atoms with E-state index in [4.69, 9.17) is 10.5 Å². The first kappa shape index (κ1) is 27.0. The van der Waals surface area contributed by atoms with E-state index in [1.807, 2.05) is 46.8 Å². The molecule has 1 aromatic heterocycles. The van der Waals surface area contributed by atoms with Gasteiger partial charge in [0.1, 0.15) is 23.5 Å². The number of hydrogen-bond acceptors (Lipinski definition) is 5. The monoisotopic (exact) mass is 499 g/mol. The molecule has 0 radical (unpaired) electrons. The Labute approximate surface area is 211 Å². The maximum Gasteiger partial charge on any atom is 0.268 e. The minimum absolute atomic E-state index is 0.0916. The number of nitrogens with two attached hydrogens (primary N) is 1. The van der Waals surface area contributed by atoms with Gasteiger partial charge in [-0.15, -0.1) is 0 Å².